The average molecular weight is 318 g/mol. The number of nitrogens with two attached hydrogens (primary N) is 1. The van der Waals surface area contributed by atoms with Crippen molar-refractivity contribution in [1.29, 1.82) is 0 Å². The number of methoxy groups -OCH3 is 1. The van der Waals surface area contributed by atoms with Crippen LogP contribution >= 0.6 is 0 Å². The fourth-order valence-electron chi connectivity index (χ4n) is 2.66. The minimum atomic E-state index is 0.270. The Kier molecular flexibility index (Phi) is 6.72. The van der Waals surface area contributed by atoms with Gasteiger partial charge in [-0.15, -0.1) is 0 Å². The van der Waals surface area contributed by atoms with Crippen molar-refractivity contribution >= 4 is 17.6 Å². The molecule has 1 heterocycles. The lowest BCUT2D eigenvalue weighted by Crippen LogP contribution is -2.31. The maximum absolute atomic E-state index is 11.9. The Bertz CT molecular complexity index is 545. The number of anilines is 1. The van der Waals surface area contributed by atoms with Crippen molar-refractivity contribution in [2.45, 2.75) is 32.1 Å². The van der Waals surface area contributed by atoms with Gasteiger partial charge in [0.15, 0.2) is 5.96 Å². The first-order valence-corrected chi connectivity index (χ1v) is 8.18. The first-order valence-electron chi connectivity index (χ1n) is 8.18. The van der Waals surface area contributed by atoms with Gasteiger partial charge in [0.1, 0.15) is 5.75 Å². The van der Waals surface area contributed by atoms with E-state index in [0.717, 1.165) is 50.2 Å². The van der Waals surface area contributed by atoms with E-state index in [0.29, 0.717) is 18.9 Å². The summed E-state index contributed by atoms with van der Waals surface area (Å²) < 4.78 is 5.26. The molecule has 6 nitrogen and oxygen atoms in total. The van der Waals surface area contributed by atoms with E-state index in [9.17, 15) is 4.79 Å². The van der Waals surface area contributed by atoms with Gasteiger partial charge in [-0.1, -0.05) is 18.6 Å². The van der Waals surface area contributed by atoms with Crippen molar-refractivity contribution in [2.75, 3.05) is 32.1 Å². The van der Waals surface area contributed by atoms with Gasteiger partial charge in [0.25, 0.3) is 0 Å². The Morgan fingerprint density at radius 2 is 2.17 bits per heavy atom. The molecule has 0 unspecified atom stereocenters. The predicted molar refractivity (Wildman–Crippen MR) is 92.8 cm³/mol. The number of hydrogen-bond donors (Lipinski definition) is 2. The van der Waals surface area contributed by atoms with Crippen LogP contribution in [0.15, 0.2) is 29.3 Å². The van der Waals surface area contributed by atoms with Crippen molar-refractivity contribution in [3.63, 3.8) is 0 Å². The fraction of sp³-hybridized carbons (Fsp3) is 0.529. The molecule has 0 spiro atoms. The van der Waals surface area contributed by atoms with Crippen LogP contribution in [0.5, 0.6) is 5.75 Å². The normalized spacial score (nSPS) is 16.1. The van der Waals surface area contributed by atoms with Crippen molar-refractivity contribution < 1.29 is 9.53 Å². The number of carbonyl (C=O) groups is 1. The van der Waals surface area contributed by atoms with E-state index in [4.69, 9.17) is 10.5 Å². The molecule has 0 saturated carbocycles. The lowest BCUT2D eigenvalue weighted by Gasteiger charge is -2.19. The molecule has 1 amide bonds. The number of nitrogens with zero attached hydrogens (tertiary/aromatic N) is 2. The summed E-state index contributed by atoms with van der Waals surface area (Å²) in [5.41, 5.74) is 6.69. The quantitative estimate of drug-likeness (QED) is 0.479. The van der Waals surface area contributed by atoms with Crippen LogP contribution in [0, 0.1) is 0 Å². The largest absolute Gasteiger partial charge is 0.495 e. The molecule has 0 aromatic heterocycles. The zero-order chi connectivity index (χ0) is 16.5. The number of carbonyl (C=O) groups excluding carboxylic acids is 1. The van der Waals surface area contributed by atoms with Crippen molar-refractivity contribution in [2.24, 2.45) is 10.7 Å². The van der Waals surface area contributed by atoms with Gasteiger partial charge in [0.05, 0.1) is 12.8 Å². The predicted octanol–water partition coefficient (Wildman–Crippen LogP) is 2.21. The second-order valence-electron chi connectivity index (χ2n) is 5.64. The molecular formula is C17H26N4O2. The van der Waals surface area contributed by atoms with Crippen molar-refractivity contribution in [3.8, 4) is 5.75 Å². The smallest absolute Gasteiger partial charge is 0.222 e. The molecule has 0 radical (unpaired) electrons. The second-order valence-corrected chi connectivity index (χ2v) is 5.64. The molecule has 1 saturated heterocycles. The van der Waals surface area contributed by atoms with Crippen LogP contribution < -0.4 is 15.8 Å². The molecule has 0 aliphatic carbocycles. The van der Waals surface area contributed by atoms with Crippen molar-refractivity contribution in [3.05, 3.63) is 24.3 Å². The summed E-state index contributed by atoms with van der Waals surface area (Å²) >= 11 is 0. The van der Waals surface area contributed by atoms with E-state index in [1.54, 1.807) is 7.11 Å². The van der Waals surface area contributed by atoms with Gasteiger partial charge in [-0.25, -0.2) is 0 Å². The van der Waals surface area contributed by atoms with E-state index in [2.05, 4.69) is 10.3 Å². The molecule has 3 N–H and O–H groups in total. The Hall–Kier alpha value is -2.24. The number of aliphatic imine (C=N–C) groups is 1. The number of rotatable bonds is 6. The molecule has 0 bridgehead atoms. The number of likely N-dealkylation sites (tertiary alicyclic amines) is 1. The maximum Gasteiger partial charge on any atom is 0.222 e. The minimum absolute atomic E-state index is 0.270. The first-order chi connectivity index (χ1) is 11.2. The van der Waals surface area contributed by atoms with Gasteiger partial charge in [0.2, 0.25) is 5.91 Å². The molecule has 1 aliphatic heterocycles. The summed E-state index contributed by atoms with van der Waals surface area (Å²) in [7, 11) is 1.62. The lowest BCUT2D eigenvalue weighted by atomic mass is 10.2. The van der Waals surface area contributed by atoms with Gasteiger partial charge in [-0.05, 0) is 31.4 Å². The summed E-state index contributed by atoms with van der Waals surface area (Å²) in [6.45, 7) is 2.22. The van der Waals surface area contributed by atoms with Gasteiger partial charge < -0.3 is 20.7 Å². The molecular weight excluding hydrogens is 292 g/mol. The highest BCUT2D eigenvalue weighted by Crippen LogP contribution is 2.22. The van der Waals surface area contributed by atoms with Crippen LogP contribution in [0.25, 0.3) is 0 Å². The molecule has 0 atom stereocenters. The second kappa shape index (κ2) is 9.02. The molecule has 1 aliphatic rings. The van der Waals surface area contributed by atoms with Crippen LogP contribution in [-0.2, 0) is 4.79 Å². The number of nitrogens with one attached hydrogen (secondary N) is 1. The standard InChI is InChI=1S/C17H26N4O2/c1-23-15-9-5-4-8-14(15)20-17(18)19-11-7-13-21-12-6-2-3-10-16(21)22/h4-5,8-9H,2-3,6-7,10-13H2,1H3,(H3,18,19,20). The number of para-hydroxylation sites is 2. The zero-order valence-electron chi connectivity index (χ0n) is 13.8. The summed E-state index contributed by atoms with van der Waals surface area (Å²) in [5, 5.41) is 3.04. The van der Waals surface area contributed by atoms with Gasteiger partial charge >= 0.3 is 0 Å². The molecule has 1 aromatic carbocycles. The number of benzene rings is 1. The third-order valence-electron chi connectivity index (χ3n) is 3.91. The summed E-state index contributed by atoms with van der Waals surface area (Å²) in [4.78, 5) is 18.2. The van der Waals surface area contributed by atoms with Crippen LogP contribution in [0.2, 0.25) is 0 Å². The number of ether oxygens (including phenoxy) is 1. The molecule has 1 aromatic rings. The summed E-state index contributed by atoms with van der Waals surface area (Å²) in [5.74, 6) is 1.35. The van der Waals surface area contributed by atoms with Gasteiger partial charge in [0, 0.05) is 26.1 Å². The average Bonchev–Trinajstić information content (AvgIpc) is 2.76. The number of amides is 1. The van der Waals surface area contributed by atoms with E-state index >= 15 is 0 Å². The van der Waals surface area contributed by atoms with Crippen LogP contribution in [0.3, 0.4) is 0 Å². The molecule has 23 heavy (non-hydrogen) atoms. The monoisotopic (exact) mass is 318 g/mol. The fourth-order valence-corrected chi connectivity index (χ4v) is 2.66. The highest BCUT2D eigenvalue weighted by atomic mass is 16.5. The molecule has 6 heteroatoms. The minimum Gasteiger partial charge on any atom is -0.495 e. The number of hydrogen-bond acceptors (Lipinski definition) is 3. The third-order valence-corrected chi connectivity index (χ3v) is 3.91. The topological polar surface area (TPSA) is 80.0 Å². The Labute approximate surface area is 137 Å². The Morgan fingerprint density at radius 1 is 1.35 bits per heavy atom. The van der Waals surface area contributed by atoms with E-state index in [1.807, 2.05) is 29.2 Å². The van der Waals surface area contributed by atoms with Gasteiger partial charge in [-0.3, -0.25) is 9.79 Å². The number of guanidine groups is 1. The van der Waals surface area contributed by atoms with Crippen LogP contribution in [0.4, 0.5) is 5.69 Å². The summed E-state index contributed by atoms with van der Waals surface area (Å²) in [6, 6.07) is 7.55. The highest BCUT2D eigenvalue weighted by Gasteiger charge is 2.15. The highest BCUT2D eigenvalue weighted by molar-refractivity contribution is 5.93. The van der Waals surface area contributed by atoms with E-state index < -0.39 is 0 Å². The SMILES string of the molecule is COc1ccccc1NC(N)=NCCCN1CCCCCC1=O. The maximum atomic E-state index is 11.9. The van der Waals surface area contributed by atoms with Crippen LogP contribution in [0.1, 0.15) is 32.1 Å². The summed E-state index contributed by atoms with van der Waals surface area (Å²) in [6.07, 6.45) is 4.77. The Balaban J connectivity index is 1.77. The lowest BCUT2D eigenvalue weighted by molar-refractivity contribution is -0.130. The van der Waals surface area contributed by atoms with Gasteiger partial charge in [-0.2, -0.15) is 0 Å². The van der Waals surface area contributed by atoms with Crippen molar-refractivity contribution in [1.82, 2.24) is 4.90 Å². The van der Waals surface area contributed by atoms with E-state index in [1.165, 1.54) is 0 Å². The molecule has 2 rings (SSSR count). The zero-order valence-corrected chi connectivity index (χ0v) is 13.8. The Morgan fingerprint density at radius 3 is 3.00 bits per heavy atom. The van der Waals surface area contributed by atoms with Crippen LogP contribution in [-0.4, -0.2) is 43.5 Å². The first kappa shape index (κ1) is 17.1. The molecule has 126 valence electrons. The molecule has 1 fully saturated rings. The third kappa shape index (κ3) is 5.47. The van der Waals surface area contributed by atoms with E-state index in [-0.39, 0.29) is 5.91 Å².